The Kier molecular flexibility index (Phi) is 5.79. The van der Waals surface area contributed by atoms with Crippen molar-refractivity contribution in [1.29, 1.82) is 0 Å². The number of non-ortho nitro benzene ring substituents is 1. The topological polar surface area (TPSA) is 116 Å². The first-order valence-electron chi connectivity index (χ1n) is 10.8. The number of urea groups is 1. The number of hydrogen-bond acceptors (Lipinski definition) is 6. The zero-order chi connectivity index (χ0) is 22.0. The average molecular weight is 429 g/mol. The number of piperazine rings is 1. The van der Waals surface area contributed by atoms with E-state index < -0.39 is 10.5 Å². The lowest BCUT2D eigenvalue weighted by Crippen LogP contribution is -2.50. The molecule has 0 unspecified atom stereocenters. The summed E-state index contributed by atoms with van der Waals surface area (Å²) in [6.45, 7) is 2.40. The molecule has 2 saturated heterocycles. The molecular weight excluding hydrogens is 402 g/mol. The van der Waals surface area contributed by atoms with Gasteiger partial charge in [-0.1, -0.05) is 19.3 Å². The average Bonchev–Trinajstić information content (AvgIpc) is 3.01. The van der Waals surface area contributed by atoms with Gasteiger partial charge in [-0.05, 0) is 25.0 Å². The smallest absolute Gasteiger partial charge is 0.325 e. The molecule has 1 aromatic rings. The summed E-state index contributed by atoms with van der Waals surface area (Å²) < 4.78 is 0. The van der Waals surface area contributed by atoms with E-state index in [1.165, 1.54) is 17.0 Å². The first-order valence-corrected chi connectivity index (χ1v) is 10.8. The van der Waals surface area contributed by atoms with Crippen molar-refractivity contribution >= 4 is 29.2 Å². The maximum absolute atomic E-state index is 12.8. The molecule has 1 aromatic carbocycles. The van der Waals surface area contributed by atoms with Crippen molar-refractivity contribution in [1.82, 2.24) is 15.1 Å². The van der Waals surface area contributed by atoms with Gasteiger partial charge in [0.25, 0.3) is 11.6 Å². The zero-order valence-electron chi connectivity index (χ0n) is 17.4. The van der Waals surface area contributed by atoms with Crippen LogP contribution in [0, 0.1) is 10.1 Å². The Morgan fingerprint density at radius 2 is 1.68 bits per heavy atom. The van der Waals surface area contributed by atoms with Crippen molar-refractivity contribution in [3.63, 3.8) is 0 Å². The number of imide groups is 1. The van der Waals surface area contributed by atoms with Gasteiger partial charge in [0.05, 0.1) is 4.92 Å². The molecule has 2 heterocycles. The third-order valence-corrected chi connectivity index (χ3v) is 6.56. The van der Waals surface area contributed by atoms with Gasteiger partial charge in [-0.25, -0.2) is 4.79 Å². The fraction of sp³-hybridized carbons (Fsp3) is 0.571. The van der Waals surface area contributed by atoms with Crippen molar-refractivity contribution in [2.75, 3.05) is 37.6 Å². The van der Waals surface area contributed by atoms with E-state index in [0.717, 1.165) is 24.9 Å². The second-order valence-electron chi connectivity index (χ2n) is 8.42. The quantitative estimate of drug-likeness (QED) is 0.434. The number of nitro groups is 1. The summed E-state index contributed by atoms with van der Waals surface area (Å²) in [5, 5.41) is 13.7. The predicted octanol–water partition coefficient (Wildman–Crippen LogP) is 1.89. The molecule has 3 fully saturated rings. The lowest BCUT2D eigenvalue weighted by molar-refractivity contribution is -0.384. The molecule has 4 rings (SSSR count). The third-order valence-electron chi connectivity index (χ3n) is 6.56. The maximum atomic E-state index is 12.8. The summed E-state index contributed by atoms with van der Waals surface area (Å²) in [6, 6.07) is 6.00. The van der Waals surface area contributed by atoms with Gasteiger partial charge in [0.15, 0.2) is 0 Å². The first kappa shape index (κ1) is 21.1. The summed E-state index contributed by atoms with van der Waals surface area (Å²) in [4.78, 5) is 53.2. The van der Waals surface area contributed by atoms with Gasteiger partial charge in [-0.15, -0.1) is 0 Å². The molecular formula is C21H27N5O5. The van der Waals surface area contributed by atoms with E-state index >= 15 is 0 Å². The highest BCUT2D eigenvalue weighted by Crippen LogP contribution is 2.33. The molecule has 1 spiro atoms. The van der Waals surface area contributed by atoms with Crippen LogP contribution in [-0.2, 0) is 9.59 Å². The molecule has 1 aliphatic carbocycles. The fourth-order valence-corrected chi connectivity index (χ4v) is 4.74. The number of carbonyl (C=O) groups excluding carboxylic acids is 3. The van der Waals surface area contributed by atoms with Crippen LogP contribution in [0.25, 0.3) is 0 Å². The van der Waals surface area contributed by atoms with Crippen LogP contribution in [0.2, 0.25) is 0 Å². The Hall–Kier alpha value is -3.17. The molecule has 1 N–H and O–H groups in total. The van der Waals surface area contributed by atoms with Crippen molar-refractivity contribution in [2.45, 2.75) is 44.1 Å². The SMILES string of the molecule is O=C(CCN1C(=O)NC2(CCCCC2)C1=O)N1CCN(c2ccc([N+](=O)[O-])cc2)CC1. The van der Waals surface area contributed by atoms with Gasteiger partial charge >= 0.3 is 6.03 Å². The van der Waals surface area contributed by atoms with E-state index in [0.29, 0.717) is 39.0 Å². The number of benzene rings is 1. The highest BCUT2D eigenvalue weighted by molar-refractivity contribution is 6.07. The molecule has 0 aromatic heterocycles. The zero-order valence-corrected chi connectivity index (χ0v) is 17.4. The summed E-state index contributed by atoms with van der Waals surface area (Å²) in [5.41, 5.74) is 0.178. The van der Waals surface area contributed by atoms with E-state index in [2.05, 4.69) is 10.2 Å². The molecule has 0 bridgehead atoms. The van der Waals surface area contributed by atoms with Crippen LogP contribution in [-0.4, -0.2) is 70.8 Å². The van der Waals surface area contributed by atoms with Crippen LogP contribution >= 0.6 is 0 Å². The number of hydrogen-bond donors (Lipinski definition) is 1. The van der Waals surface area contributed by atoms with Crippen LogP contribution in [0.3, 0.4) is 0 Å². The van der Waals surface area contributed by atoms with Gasteiger partial charge < -0.3 is 15.1 Å². The van der Waals surface area contributed by atoms with E-state index in [1.54, 1.807) is 17.0 Å². The van der Waals surface area contributed by atoms with Crippen LogP contribution in [0.1, 0.15) is 38.5 Å². The Balaban J connectivity index is 1.27. The highest BCUT2D eigenvalue weighted by atomic mass is 16.6. The van der Waals surface area contributed by atoms with E-state index in [1.807, 2.05) is 0 Å². The third kappa shape index (κ3) is 4.19. The van der Waals surface area contributed by atoms with E-state index in [-0.39, 0.29) is 36.5 Å². The van der Waals surface area contributed by atoms with Crippen molar-refractivity contribution in [3.05, 3.63) is 34.4 Å². The molecule has 2 aliphatic heterocycles. The first-order chi connectivity index (χ1) is 14.9. The number of nitrogens with zero attached hydrogens (tertiary/aromatic N) is 4. The number of carbonyl (C=O) groups is 3. The van der Waals surface area contributed by atoms with Gasteiger partial charge in [-0.2, -0.15) is 0 Å². The molecule has 0 atom stereocenters. The highest BCUT2D eigenvalue weighted by Gasteiger charge is 2.51. The maximum Gasteiger partial charge on any atom is 0.325 e. The molecule has 3 aliphatic rings. The number of amides is 4. The molecule has 10 heteroatoms. The summed E-state index contributed by atoms with van der Waals surface area (Å²) >= 11 is 0. The van der Waals surface area contributed by atoms with Crippen molar-refractivity contribution in [3.8, 4) is 0 Å². The molecule has 166 valence electrons. The van der Waals surface area contributed by atoms with Crippen LogP contribution in [0.15, 0.2) is 24.3 Å². The Morgan fingerprint density at radius 1 is 1.03 bits per heavy atom. The standard InChI is InChI=1S/C21H27N5O5/c27-18(8-11-25-19(28)21(22-20(25)29)9-2-1-3-10-21)24-14-12-23(13-15-24)16-4-6-17(7-5-16)26(30)31/h4-7H,1-3,8-15H2,(H,22,29). The minimum atomic E-state index is -0.755. The van der Waals surface area contributed by atoms with Gasteiger partial charge in [0.1, 0.15) is 5.54 Å². The monoisotopic (exact) mass is 429 g/mol. The number of rotatable bonds is 5. The molecule has 1 saturated carbocycles. The lowest BCUT2D eigenvalue weighted by atomic mass is 9.82. The molecule has 31 heavy (non-hydrogen) atoms. The predicted molar refractivity (Wildman–Crippen MR) is 113 cm³/mol. The summed E-state index contributed by atoms with van der Waals surface area (Å²) in [5.74, 6) is -0.262. The minimum Gasteiger partial charge on any atom is -0.368 e. The largest absolute Gasteiger partial charge is 0.368 e. The fourth-order valence-electron chi connectivity index (χ4n) is 4.74. The summed E-state index contributed by atoms with van der Waals surface area (Å²) in [7, 11) is 0. The normalized spacial score (nSPS) is 20.8. The van der Waals surface area contributed by atoms with Crippen LogP contribution in [0.4, 0.5) is 16.2 Å². The summed E-state index contributed by atoms with van der Waals surface area (Å²) in [6.07, 6.45) is 4.40. The van der Waals surface area contributed by atoms with Gasteiger partial charge in [-0.3, -0.25) is 24.6 Å². The number of nitrogens with one attached hydrogen (secondary N) is 1. The van der Waals surface area contributed by atoms with E-state index in [4.69, 9.17) is 0 Å². The number of anilines is 1. The van der Waals surface area contributed by atoms with Gasteiger partial charge in [0, 0.05) is 57.0 Å². The second kappa shape index (κ2) is 8.52. The molecule has 4 amide bonds. The Labute approximate surface area is 180 Å². The second-order valence-corrected chi connectivity index (χ2v) is 8.42. The lowest BCUT2D eigenvalue weighted by Gasteiger charge is -2.36. The Bertz CT molecular complexity index is 873. The number of nitro benzene ring substituents is 1. The van der Waals surface area contributed by atoms with Crippen LogP contribution < -0.4 is 10.2 Å². The van der Waals surface area contributed by atoms with Gasteiger partial charge in [0.2, 0.25) is 5.91 Å². The Morgan fingerprint density at radius 3 is 2.29 bits per heavy atom. The van der Waals surface area contributed by atoms with Crippen LogP contribution in [0.5, 0.6) is 0 Å². The molecule has 0 radical (unpaired) electrons. The van der Waals surface area contributed by atoms with Crippen molar-refractivity contribution in [2.24, 2.45) is 0 Å². The van der Waals surface area contributed by atoms with E-state index in [9.17, 15) is 24.5 Å². The molecule has 10 nitrogen and oxygen atoms in total. The minimum absolute atomic E-state index is 0.0491. The van der Waals surface area contributed by atoms with Crippen molar-refractivity contribution < 1.29 is 19.3 Å².